The van der Waals surface area contributed by atoms with Gasteiger partial charge in [-0.3, -0.25) is 0 Å². The average Bonchev–Trinajstić information content (AvgIpc) is 2.27. The largest absolute Gasteiger partial charge is 0.310 e. The maximum Gasteiger partial charge on any atom is 0.00893 e. The lowest BCUT2D eigenvalue weighted by Crippen LogP contribution is -2.08. The highest BCUT2D eigenvalue weighted by molar-refractivity contribution is 5.81. The van der Waals surface area contributed by atoms with Crippen LogP contribution in [0.5, 0.6) is 0 Å². The molecule has 0 radical (unpaired) electrons. The van der Waals surface area contributed by atoms with E-state index in [0.717, 1.165) is 5.71 Å². The van der Waals surface area contributed by atoms with Crippen molar-refractivity contribution >= 4 is 5.71 Å². The van der Waals surface area contributed by atoms with Crippen molar-refractivity contribution < 1.29 is 0 Å². The summed E-state index contributed by atoms with van der Waals surface area (Å²) in [5.41, 5.74) is 2.47. The Kier molecular flexibility index (Phi) is 3.71. The second-order valence-corrected chi connectivity index (χ2v) is 4.43. The second-order valence-electron chi connectivity index (χ2n) is 4.43. The first-order valence-corrected chi connectivity index (χ1v) is 5.35. The predicted molar refractivity (Wildman–Crippen MR) is 58.3 cm³/mol. The summed E-state index contributed by atoms with van der Waals surface area (Å²) in [6.07, 6.45) is 7.16. The summed E-state index contributed by atoms with van der Waals surface area (Å²) in [5.74, 6) is 1.25. The quantitative estimate of drug-likeness (QED) is 0.492. The van der Waals surface area contributed by atoms with E-state index in [2.05, 4.69) is 19.9 Å². The van der Waals surface area contributed by atoms with Gasteiger partial charge < -0.3 is 5.41 Å². The van der Waals surface area contributed by atoms with E-state index in [0.29, 0.717) is 11.8 Å². The van der Waals surface area contributed by atoms with E-state index in [4.69, 9.17) is 5.41 Å². The highest BCUT2D eigenvalue weighted by Gasteiger charge is 2.15. The molecule has 1 N–H and O–H groups in total. The highest BCUT2D eigenvalue weighted by Crippen LogP contribution is 2.27. The molecule has 0 saturated carbocycles. The minimum Gasteiger partial charge on any atom is -0.310 e. The van der Waals surface area contributed by atoms with E-state index < -0.39 is 0 Å². The van der Waals surface area contributed by atoms with Crippen molar-refractivity contribution in [1.29, 1.82) is 5.41 Å². The van der Waals surface area contributed by atoms with Crippen LogP contribution < -0.4 is 0 Å². The highest BCUT2D eigenvalue weighted by atomic mass is 14.4. The molecule has 0 amide bonds. The van der Waals surface area contributed by atoms with Crippen LogP contribution in [-0.2, 0) is 0 Å². The van der Waals surface area contributed by atoms with Gasteiger partial charge in [0.05, 0.1) is 0 Å². The molecule has 1 atom stereocenters. The summed E-state index contributed by atoms with van der Waals surface area (Å²) in [7, 11) is 0. The van der Waals surface area contributed by atoms with Crippen molar-refractivity contribution in [1.82, 2.24) is 0 Å². The zero-order valence-corrected chi connectivity index (χ0v) is 9.06. The van der Waals surface area contributed by atoms with Gasteiger partial charge in [0.25, 0.3) is 0 Å². The first kappa shape index (κ1) is 10.5. The Morgan fingerprint density at radius 2 is 2.15 bits per heavy atom. The lowest BCUT2D eigenvalue weighted by atomic mass is 9.93. The number of allylic oxidation sites excluding steroid dienone is 2. The summed E-state index contributed by atoms with van der Waals surface area (Å²) >= 11 is 0. The van der Waals surface area contributed by atoms with E-state index in [1.165, 1.54) is 25.7 Å². The third-order valence-corrected chi connectivity index (χ3v) is 3.06. The standard InChI is InChI=1S/C12H21N/c1-9(2)11-5-4-6-12(8-7-11)10(3)13/h5,9,12-13H,4,6-8H2,1-3H3. The summed E-state index contributed by atoms with van der Waals surface area (Å²) < 4.78 is 0. The Labute approximate surface area is 81.7 Å². The second kappa shape index (κ2) is 4.59. The van der Waals surface area contributed by atoms with Crippen LogP contribution in [0, 0.1) is 17.2 Å². The van der Waals surface area contributed by atoms with Crippen LogP contribution >= 0.6 is 0 Å². The summed E-state index contributed by atoms with van der Waals surface area (Å²) in [6.45, 7) is 6.48. The number of hydrogen-bond acceptors (Lipinski definition) is 1. The first-order valence-electron chi connectivity index (χ1n) is 5.35. The minimum atomic E-state index is 0.549. The maximum absolute atomic E-state index is 7.64. The Balaban J connectivity index is 2.53. The Morgan fingerprint density at radius 3 is 2.69 bits per heavy atom. The lowest BCUT2D eigenvalue weighted by Gasteiger charge is -2.13. The molecule has 0 aromatic heterocycles. The molecular weight excluding hydrogens is 158 g/mol. The van der Waals surface area contributed by atoms with Gasteiger partial charge in [-0.05, 0) is 44.4 Å². The molecule has 1 nitrogen and oxygen atoms in total. The average molecular weight is 179 g/mol. The van der Waals surface area contributed by atoms with Gasteiger partial charge in [0, 0.05) is 5.71 Å². The summed E-state index contributed by atoms with van der Waals surface area (Å²) in [6, 6.07) is 0. The van der Waals surface area contributed by atoms with E-state index in [1.54, 1.807) is 5.57 Å². The fraction of sp³-hybridized carbons (Fsp3) is 0.750. The van der Waals surface area contributed by atoms with Gasteiger partial charge in [0.15, 0.2) is 0 Å². The molecule has 0 heterocycles. The summed E-state index contributed by atoms with van der Waals surface area (Å²) in [4.78, 5) is 0. The Bertz CT molecular complexity index is 213. The lowest BCUT2D eigenvalue weighted by molar-refractivity contribution is 0.579. The van der Waals surface area contributed by atoms with Gasteiger partial charge in [-0.1, -0.05) is 25.5 Å². The third-order valence-electron chi connectivity index (χ3n) is 3.06. The van der Waals surface area contributed by atoms with Gasteiger partial charge >= 0.3 is 0 Å². The molecule has 1 rings (SSSR count). The van der Waals surface area contributed by atoms with Gasteiger partial charge in [-0.25, -0.2) is 0 Å². The smallest absolute Gasteiger partial charge is 0.00893 e. The molecule has 0 bridgehead atoms. The molecule has 1 heteroatoms. The van der Waals surface area contributed by atoms with Crippen LogP contribution in [0.3, 0.4) is 0 Å². The molecule has 1 unspecified atom stereocenters. The fourth-order valence-electron chi connectivity index (χ4n) is 2.01. The van der Waals surface area contributed by atoms with Crippen molar-refractivity contribution in [3.8, 4) is 0 Å². The van der Waals surface area contributed by atoms with Crippen molar-refractivity contribution in [2.45, 2.75) is 46.5 Å². The molecular formula is C12H21N. The van der Waals surface area contributed by atoms with Gasteiger partial charge in [-0.15, -0.1) is 0 Å². The van der Waals surface area contributed by atoms with Gasteiger partial charge in [-0.2, -0.15) is 0 Å². The molecule has 0 spiro atoms. The van der Waals surface area contributed by atoms with Gasteiger partial charge in [0.1, 0.15) is 0 Å². The topological polar surface area (TPSA) is 23.9 Å². The van der Waals surface area contributed by atoms with E-state index >= 15 is 0 Å². The van der Waals surface area contributed by atoms with Crippen LogP contribution in [0.15, 0.2) is 11.6 Å². The third kappa shape index (κ3) is 2.98. The molecule has 1 aliphatic rings. The Hall–Kier alpha value is -0.590. The van der Waals surface area contributed by atoms with Crippen LogP contribution in [0.2, 0.25) is 0 Å². The molecule has 0 aromatic carbocycles. The van der Waals surface area contributed by atoms with Gasteiger partial charge in [0.2, 0.25) is 0 Å². The zero-order chi connectivity index (χ0) is 9.84. The summed E-state index contributed by atoms with van der Waals surface area (Å²) in [5, 5.41) is 7.64. The van der Waals surface area contributed by atoms with Crippen molar-refractivity contribution in [3.05, 3.63) is 11.6 Å². The molecule has 74 valence electrons. The fourth-order valence-corrected chi connectivity index (χ4v) is 2.01. The number of hydrogen-bond donors (Lipinski definition) is 1. The normalized spacial score (nSPS) is 24.0. The van der Waals surface area contributed by atoms with Crippen LogP contribution in [0.4, 0.5) is 0 Å². The molecule has 0 aromatic rings. The minimum absolute atomic E-state index is 0.549. The van der Waals surface area contributed by atoms with E-state index in [1.807, 2.05) is 6.92 Å². The number of rotatable bonds is 2. The van der Waals surface area contributed by atoms with Crippen LogP contribution in [-0.4, -0.2) is 5.71 Å². The Morgan fingerprint density at radius 1 is 1.46 bits per heavy atom. The number of nitrogens with one attached hydrogen (secondary N) is 1. The molecule has 1 aliphatic carbocycles. The molecule has 0 saturated heterocycles. The molecule has 0 aliphatic heterocycles. The van der Waals surface area contributed by atoms with E-state index in [-0.39, 0.29) is 0 Å². The predicted octanol–water partition coefficient (Wildman–Crippen LogP) is 3.80. The molecule has 0 fully saturated rings. The monoisotopic (exact) mass is 179 g/mol. The van der Waals surface area contributed by atoms with Crippen molar-refractivity contribution in [3.63, 3.8) is 0 Å². The van der Waals surface area contributed by atoms with Crippen molar-refractivity contribution in [2.24, 2.45) is 11.8 Å². The van der Waals surface area contributed by atoms with Crippen molar-refractivity contribution in [2.75, 3.05) is 0 Å². The SMILES string of the molecule is CC(=N)C1CCC=C(C(C)C)CC1. The van der Waals surface area contributed by atoms with Crippen LogP contribution in [0.1, 0.15) is 46.5 Å². The maximum atomic E-state index is 7.64. The van der Waals surface area contributed by atoms with Crippen LogP contribution in [0.25, 0.3) is 0 Å². The zero-order valence-electron chi connectivity index (χ0n) is 9.06. The molecule has 13 heavy (non-hydrogen) atoms. The van der Waals surface area contributed by atoms with E-state index in [9.17, 15) is 0 Å². The first-order chi connectivity index (χ1) is 6.11.